The van der Waals surface area contributed by atoms with Crippen LogP contribution in [0.3, 0.4) is 0 Å². The molecule has 0 amide bonds. The Hall–Kier alpha value is -0.610. The van der Waals surface area contributed by atoms with Gasteiger partial charge in [-0.25, -0.2) is 0 Å². The molecule has 0 atom stereocenters. The SMILES string of the molecule is CCN(CCC(=O)OC)CC1(O)CCC(C)CC1. The fourth-order valence-electron chi connectivity index (χ4n) is 2.57. The second-order valence-electron chi connectivity index (χ2n) is 5.60. The number of methoxy groups -OCH3 is 1. The Balaban J connectivity index is 2.39. The Bertz CT molecular complexity index is 260. The van der Waals surface area contributed by atoms with Crippen LogP contribution < -0.4 is 0 Å². The van der Waals surface area contributed by atoms with Crippen molar-refractivity contribution in [3.8, 4) is 0 Å². The summed E-state index contributed by atoms with van der Waals surface area (Å²) in [6, 6.07) is 0. The zero-order chi connectivity index (χ0) is 13.6. The van der Waals surface area contributed by atoms with E-state index in [1.165, 1.54) is 7.11 Å². The second kappa shape index (κ2) is 7.10. The molecule has 0 saturated heterocycles. The summed E-state index contributed by atoms with van der Waals surface area (Å²) in [5, 5.41) is 10.6. The minimum atomic E-state index is -0.557. The molecule has 1 aliphatic rings. The number of ether oxygens (including phenoxy) is 1. The molecule has 1 N–H and O–H groups in total. The molecule has 0 aliphatic heterocycles. The lowest BCUT2D eigenvalue weighted by molar-refractivity contribution is -0.141. The van der Waals surface area contributed by atoms with Crippen molar-refractivity contribution in [3.63, 3.8) is 0 Å². The van der Waals surface area contributed by atoms with Gasteiger partial charge in [0, 0.05) is 13.1 Å². The van der Waals surface area contributed by atoms with E-state index in [1.54, 1.807) is 0 Å². The lowest BCUT2D eigenvalue weighted by Gasteiger charge is -2.38. The molecule has 0 aromatic carbocycles. The van der Waals surface area contributed by atoms with E-state index in [9.17, 15) is 9.90 Å². The van der Waals surface area contributed by atoms with Crippen molar-refractivity contribution >= 4 is 5.97 Å². The third kappa shape index (κ3) is 4.94. The highest BCUT2D eigenvalue weighted by atomic mass is 16.5. The van der Waals surface area contributed by atoms with Crippen molar-refractivity contribution in [3.05, 3.63) is 0 Å². The summed E-state index contributed by atoms with van der Waals surface area (Å²) in [7, 11) is 1.41. The Morgan fingerprint density at radius 3 is 2.56 bits per heavy atom. The number of likely N-dealkylation sites (N-methyl/N-ethyl adjacent to an activating group) is 1. The van der Waals surface area contributed by atoms with Crippen LogP contribution in [0.25, 0.3) is 0 Å². The molecule has 4 heteroatoms. The highest BCUT2D eigenvalue weighted by Gasteiger charge is 2.33. The first kappa shape index (κ1) is 15.4. The van der Waals surface area contributed by atoms with E-state index in [0.717, 1.165) is 38.1 Å². The molecular weight excluding hydrogens is 230 g/mol. The second-order valence-corrected chi connectivity index (χ2v) is 5.60. The van der Waals surface area contributed by atoms with Gasteiger partial charge in [0.25, 0.3) is 0 Å². The normalized spacial score (nSPS) is 28.4. The van der Waals surface area contributed by atoms with Crippen LogP contribution in [0.5, 0.6) is 0 Å². The monoisotopic (exact) mass is 257 g/mol. The fourth-order valence-corrected chi connectivity index (χ4v) is 2.57. The number of nitrogens with zero attached hydrogens (tertiary/aromatic N) is 1. The average Bonchev–Trinajstić information content (AvgIpc) is 2.38. The lowest BCUT2D eigenvalue weighted by Crippen LogP contribution is -2.45. The molecule has 1 aliphatic carbocycles. The summed E-state index contributed by atoms with van der Waals surface area (Å²) in [5.41, 5.74) is -0.557. The largest absolute Gasteiger partial charge is 0.469 e. The fraction of sp³-hybridized carbons (Fsp3) is 0.929. The molecule has 1 saturated carbocycles. The van der Waals surface area contributed by atoms with Crippen molar-refractivity contribution < 1.29 is 14.6 Å². The number of aliphatic hydroxyl groups is 1. The zero-order valence-electron chi connectivity index (χ0n) is 11.9. The van der Waals surface area contributed by atoms with Gasteiger partial charge in [-0.05, 0) is 38.1 Å². The van der Waals surface area contributed by atoms with Crippen LogP contribution in [0.4, 0.5) is 0 Å². The first-order valence-electron chi connectivity index (χ1n) is 7.00. The third-order valence-electron chi connectivity index (χ3n) is 4.03. The Labute approximate surface area is 110 Å². The Morgan fingerprint density at radius 1 is 1.44 bits per heavy atom. The summed E-state index contributed by atoms with van der Waals surface area (Å²) >= 11 is 0. The van der Waals surface area contributed by atoms with Crippen molar-refractivity contribution in [2.75, 3.05) is 26.7 Å². The first-order chi connectivity index (χ1) is 8.49. The molecule has 1 rings (SSSR count). The Kier molecular flexibility index (Phi) is 6.09. The minimum Gasteiger partial charge on any atom is -0.469 e. The van der Waals surface area contributed by atoms with Crippen LogP contribution in [0.2, 0.25) is 0 Å². The van der Waals surface area contributed by atoms with Crippen LogP contribution in [-0.4, -0.2) is 48.3 Å². The van der Waals surface area contributed by atoms with Gasteiger partial charge in [0.1, 0.15) is 0 Å². The van der Waals surface area contributed by atoms with Crippen LogP contribution >= 0.6 is 0 Å². The summed E-state index contributed by atoms with van der Waals surface area (Å²) in [6.45, 7) is 6.50. The van der Waals surface area contributed by atoms with Crippen LogP contribution in [0.15, 0.2) is 0 Å². The molecular formula is C14H27NO3. The molecule has 0 aromatic rings. The van der Waals surface area contributed by atoms with Crippen molar-refractivity contribution in [1.29, 1.82) is 0 Å². The number of hydrogen-bond donors (Lipinski definition) is 1. The van der Waals surface area contributed by atoms with Gasteiger partial charge in [-0.15, -0.1) is 0 Å². The molecule has 0 spiro atoms. The van der Waals surface area contributed by atoms with Gasteiger partial charge in [-0.3, -0.25) is 4.79 Å². The van der Waals surface area contributed by atoms with Gasteiger partial charge in [0.05, 0.1) is 19.1 Å². The lowest BCUT2D eigenvalue weighted by atomic mass is 9.79. The number of rotatable bonds is 6. The summed E-state index contributed by atoms with van der Waals surface area (Å²) < 4.78 is 4.65. The molecule has 0 aromatic heterocycles. The van der Waals surface area contributed by atoms with Crippen LogP contribution in [0.1, 0.15) is 46.0 Å². The van der Waals surface area contributed by atoms with E-state index in [4.69, 9.17) is 0 Å². The number of carbonyl (C=O) groups is 1. The van der Waals surface area contributed by atoms with E-state index in [0.29, 0.717) is 19.5 Å². The topological polar surface area (TPSA) is 49.8 Å². The summed E-state index contributed by atoms with van der Waals surface area (Å²) in [5.74, 6) is 0.549. The molecule has 0 heterocycles. The predicted octanol–water partition coefficient (Wildman–Crippen LogP) is 1.81. The molecule has 1 fully saturated rings. The van der Waals surface area contributed by atoms with Gasteiger partial charge < -0.3 is 14.7 Å². The smallest absolute Gasteiger partial charge is 0.306 e. The van der Waals surface area contributed by atoms with Crippen molar-refractivity contribution in [2.45, 2.75) is 51.6 Å². The maximum atomic E-state index is 11.1. The minimum absolute atomic E-state index is 0.183. The van der Waals surface area contributed by atoms with Crippen molar-refractivity contribution in [2.24, 2.45) is 5.92 Å². The van der Waals surface area contributed by atoms with Gasteiger partial charge in [-0.1, -0.05) is 13.8 Å². The molecule has 18 heavy (non-hydrogen) atoms. The van der Waals surface area contributed by atoms with Crippen LogP contribution in [-0.2, 0) is 9.53 Å². The Morgan fingerprint density at radius 2 is 2.06 bits per heavy atom. The van der Waals surface area contributed by atoms with Gasteiger partial charge >= 0.3 is 5.97 Å². The van der Waals surface area contributed by atoms with Gasteiger partial charge in [-0.2, -0.15) is 0 Å². The molecule has 0 unspecified atom stereocenters. The third-order valence-corrected chi connectivity index (χ3v) is 4.03. The van der Waals surface area contributed by atoms with Gasteiger partial charge in [0.15, 0.2) is 0 Å². The zero-order valence-corrected chi connectivity index (χ0v) is 11.9. The number of carbonyl (C=O) groups excluding carboxylic acids is 1. The van der Waals surface area contributed by atoms with Crippen LogP contribution in [0, 0.1) is 5.92 Å². The average molecular weight is 257 g/mol. The highest BCUT2D eigenvalue weighted by Crippen LogP contribution is 2.32. The van der Waals surface area contributed by atoms with E-state index >= 15 is 0 Å². The van der Waals surface area contributed by atoms with E-state index < -0.39 is 5.60 Å². The highest BCUT2D eigenvalue weighted by molar-refractivity contribution is 5.69. The predicted molar refractivity (Wildman–Crippen MR) is 71.3 cm³/mol. The van der Waals surface area contributed by atoms with Gasteiger partial charge in [0.2, 0.25) is 0 Å². The molecule has 4 nitrogen and oxygen atoms in total. The number of hydrogen-bond acceptors (Lipinski definition) is 4. The van der Waals surface area contributed by atoms with E-state index in [1.807, 2.05) is 0 Å². The summed E-state index contributed by atoms with van der Waals surface area (Å²) in [4.78, 5) is 13.3. The van der Waals surface area contributed by atoms with E-state index in [2.05, 4.69) is 23.5 Å². The maximum Gasteiger partial charge on any atom is 0.306 e. The molecule has 0 radical (unpaired) electrons. The standard InChI is InChI=1S/C14H27NO3/c1-4-15(10-7-13(16)18-3)11-14(17)8-5-12(2)6-9-14/h12,17H,4-11H2,1-3H3. The first-order valence-corrected chi connectivity index (χ1v) is 7.00. The molecule has 106 valence electrons. The maximum absolute atomic E-state index is 11.1. The van der Waals surface area contributed by atoms with E-state index in [-0.39, 0.29) is 5.97 Å². The molecule has 0 bridgehead atoms. The number of esters is 1. The summed E-state index contributed by atoms with van der Waals surface area (Å²) in [6.07, 6.45) is 4.36. The van der Waals surface area contributed by atoms with Crippen molar-refractivity contribution in [1.82, 2.24) is 4.90 Å². The quantitative estimate of drug-likeness (QED) is 0.737.